The summed E-state index contributed by atoms with van der Waals surface area (Å²) in [6.07, 6.45) is 1.73. The number of likely N-dealkylation sites (tertiary alicyclic amines) is 1. The molecule has 31 heavy (non-hydrogen) atoms. The molecule has 1 saturated heterocycles. The van der Waals surface area contributed by atoms with Gasteiger partial charge in [0.15, 0.2) is 6.61 Å². The zero-order valence-electron chi connectivity index (χ0n) is 17.7. The highest BCUT2D eigenvalue weighted by molar-refractivity contribution is 5.88. The normalized spacial score (nSPS) is 15.2. The van der Waals surface area contributed by atoms with Gasteiger partial charge < -0.3 is 10.1 Å². The topological polar surface area (TPSA) is 102 Å². The number of aryl methyl sites for hydroxylation is 2. The van der Waals surface area contributed by atoms with Gasteiger partial charge in [-0.2, -0.15) is 4.98 Å². The van der Waals surface area contributed by atoms with Crippen molar-refractivity contribution >= 4 is 17.7 Å². The third-order valence-corrected chi connectivity index (χ3v) is 5.34. The number of aromatic nitrogens is 4. The van der Waals surface area contributed by atoms with Crippen molar-refractivity contribution in [3.8, 4) is 0 Å². The Hall–Kier alpha value is -3.33. The number of nitrogens with one attached hydrogen (secondary N) is 1. The number of hydrogen-bond donors (Lipinski definition) is 1. The maximum atomic E-state index is 12.2. The van der Waals surface area contributed by atoms with Crippen molar-refractivity contribution in [3.63, 3.8) is 0 Å². The molecular weight excluding hydrogens is 396 g/mol. The van der Waals surface area contributed by atoms with E-state index < -0.39 is 5.97 Å². The number of nitrogens with zero attached hydrogens (tertiary/aromatic N) is 5. The number of amides is 1. The van der Waals surface area contributed by atoms with E-state index in [4.69, 9.17) is 4.74 Å². The second-order valence-corrected chi connectivity index (χ2v) is 7.87. The van der Waals surface area contributed by atoms with Crippen molar-refractivity contribution in [3.05, 3.63) is 59.2 Å². The number of piperidine rings is 1. The summed E-state index contributed by atoms with van der Waals surface area (Å²) in [5.41, 5.74) is 2.88. The summed E-state index contributed by atoms with van der Waals surface area (Å²) in [5.74, 6) is -0.835. The first-order valence-corrected chi connectivity index (χ1v) is 10.4. The van der Waals surface area contributed by atoms with Crippen LogP contribution in [0.3, 0.4) is 0 Å². The molecule has 9 nitrogen and oxygen atoms in total. The Labute approximate surface area is 180 Å². The van der Waals surface area contributed by atoms with Crippen molar-refractivity contribution in [1.82, 2.24) is 29.8 Å². The van der Waals surface area contributed by atoms with E-state index in [0.29, 0.717) is 5.78 Å². The average Bonchev–Trinajstić information content (AvgIpc) is 3.19. The summed E-state index contributed by atoms with van der Waals surface area (Å²) in [6.45, 7) is 6.08. The van der Waals surface area contributed by atoms with Crippen LogP contribution in [0.5, 0.6) is 0 Å². The van der Waals surface area contributed by atoms with Crippen LogP contribution >= 0.6 is 0 Å². The molecule has 1 aromatic carbocycles. The monoisotopic (exact) mass is 422 g/mol. The Morgan fingerprint density at radius 2 is 1.87 bits per heavy atom. The summed E-state index contributed by atoms with van der Waals surface area (Å²) >= 11 is 0. The molecule has 3 heterocycles. The van der Waals surface area contributed by atoms with Gasteiger partial charge in [0.2, 0.25) is 0 Å². The molecule has 0 bridgehead atoms. The molecule has 162 valence electrons. The third kappa shape index (κ3) is 5.24. The van der Waals surface area contributed by atoms with Crippen LogP contribution in [0.2, 0.25) is 0 Å². The molecule has 0 saturated carbocycles. The molecule has 2 aromatic heterocycles. The van der Waals surface area contributed by atoms with E-state index in [1.54, 1.807) is 0 Å². The van der Waals surface area contributed by atoms with Crippen molar-refractivity contribution < 1.29 is 14.3 Å². The molecule has 9 heteroatoms. The highest BCUT2D eigenvalue weighted by Crippen LogP contribution is 2.14. The van der Waals surface area contributed by atoms with Gasteiger partial charge in [0.1, 0.15) is 0 Å². The predicted molar refractivity (Wildman–Crippen MR) is 113 cm³/mol. The molecule has 1 N–H and O–H groups in total. The highest BCUT2D eigenvalue weighted by Gasteiger charge is 2.22. The summed E-state index contributed by atoms with van der Waals surface area (Å²) in [5, 5.41) is 7.07. The summed E-state index contributed by atoms with van der Waals surface area (Å²) in [7, 11) is 0. The van der Waals surface area contributed by atoms with Gasteiger partial charge >= 0.3 is 5.97 Å². The molecule has 0 spiro atoms. The number of carbonyl (C=O) groups excluding carboxylic acids is 2. The Kier molecular flexibility index (Phi) is 6.22. The molecule has 1 aliphatic rings. The van der Waals surface area contributed by atoms with Crippen molar-refractivity contribution in [2.75, 3.05) is 19.7 Å². The third-order valence-electron chi connectivity index (χ3n) is 5.34. The second kappa shape index (κ2) is 9.22. The fourth-order valence-electron chi connectivity index (χ4n) is 3.79. The fourth-order valence-corrected chi connectivity index (χ4v) is 3.79. The molecule has 1 aliphatic heterocycles. The minimum absolute atomic E-state index is 0.0846. The lowest BCUT2D eigenvalue weighted by molar-refractivity contribution is -0.125. The molecule has 3 aromatic rings. The smallest absolute Gasteiger partial charge is 0.378 e. The summed E-state index contributed by atoms with van der Waals surface area (Å²) in [4.78, 5) is 35.2. The summed E-state index contributed by atoms with van der Waals surface area (Å²) in [6, 6.07) is 12.3. The maximum Gasteiger partial charge on any atom is 0.378 e. The van der Waals surface area contributed by atoms with E-state index in [1.165, 1.54) is 10.1 Å². The lowest BCUT2D eigenvalue weighted by atomic mass is 10.0. The van der Waals surface area contributed by atoms with Crippen molar-refractivity contribution in [1.29, 1.82) is 0 Å². The van der Waals surface area contributed by atoms with Crippen LogP contribution in [0.4, 0.5) is 0 Å². The molecule has 0 unspecified atom stereocenters. The van der Waals surface area contributed by atoms with Gasteiger partial charge in [-0.05, 0) is 38.3 Å². The van der Waals surface area contributed by atoms with Gasteiger partial charge in [-0.3, -0.25) is 9.69 Å². The van der Waals surface area contributed by atoms with E-state index in [0.717, 1.165) is 43.9 Å². The Bertz CT molecular complexity index is 1070. The van der Waals surface area contributed by atoms with Gasteiger partial charge in [-0.1, -0.05) is 30.3 Å². The van der Waals surface area contributed by atoms with Crippen LogP contribution in [-0.2, 0) is 16.1 Å². The number of rotatable bonds is 6. The lowest BCUT2D eigenvalue weighted by Crippen LogP contribution is -2.45. The van der Waals surface area contributed by atoms with Crippen LogP contribution in [-0.4, -0.2) is 62.1 Å². The Balaban J connectivity index is 1.22. The van der Waals surface area contributed by atoms with E-state index in [1.807, 2.05) is 38.1 Å². The van der Waals surface area contributed by atoms with Crippen LogP contribution < -0.4 is 5.32 Å². The van der Waals surface area contributed by atoms with Gasteiger partial charge in [-0.25, -0.2) is 14.3 Å². The number of benzene rings is 1. The van der Waals surface area contributed by atoms with Gasteiger partial charge in [0.05, 0.1) is 0 Å². The number of hydrogen-bond acceptors (Lipinski definition) is 7. The zero-order chi connectivity index (χ0) is 21.8. The predicted octanol–water partition coefficient (Wildman–Crippen LogP) is 1.68. The quantitative estimate of drug-likeness (QED) is 0.603. The molecule has 0 radical (unpaired) electrons. The first-order chi connectivity index (χ1) is 15.0. The average molecular weight is 422 g/mol. The van der Waals surface area contributed by atoms with E-state index in [9.17, 15) is 9.59 Å². The molecule has 0 atom stereocenters. The number of ether oxygens (including phenoxy) is 1. The van der Waals surface area contributed by atoms with Crippen LogP contribution in [0.1, 0.15) is 40.4 Å². The Morgan fingerprint density at radius 3 is 2.61 bits per heavy atom. The number of carbonyl (C=O) groups is 2. The first kappa shape index (κ1) is 20.9. The molecule has 4 rings (SSSR count). The van der Waals surface area contributed by atoms with Crippen molar-refractivity contribution in [2.24, 2.45) is 0 Å². The number of fused-ring (bicyclic) bond motifs is 1. The standard InChI is InChI=1S/C22H26N6O3/c1-15-12-16(2)28-22(23-15)25-20(26-28)21(30)31-14-19(29)24-18-8-10-27(11-9-18)13-17-6-4-3-5-7-17/h3-7,12,18H,8-11,13-14H2,1-2H3,(H,24,29). The van der Waals surface area contributed by atoms with Gasteiger partial charge in [0, 0.05) is 37.1 Å². The largest absolute Gasteiger partial charge is 0.450 e. The molecule has 1 amide bonds. The molecule has 1 fully saturated rings. The first-order valence-electron chi connectivity index (χ1n) is 10.4. The minimum atomic E-state index is -0.740. The van der Waals surface area contributed by atoms with Crippen LogP contribution in [0, 0.1) is 13.8 Å². The van der Waals surface area contributed by atoms with E-state index >= 15 is 0 Å². The zero-order valence-corrected chi connectivity index (χ0v) is 17.7. The second-order valence-electron chi connectivity index (χ2n) is 7.87. The Morgan fingerprint density at radius 1 is 1.13 bits per heavy atom. The van der Waals surface area contributed by atoms with Crippen LogP contribution in [0.15, 0.2) is 36.4 Å². The maximum absolute atomic E-state index is 12.2. The van der Waals surface area contributed by atoms with E-state index in [-0.39, 0.29) is 24.4 Å². The SMILES string of the molecule is Cc1cc(C)n2nc(C(=O)OCC(=O)NC3CCN(Cc4ccccc4)CC3)nc2n1. The lowest BCUT2D eigenvalue weighted by Gasteiger charge is -2.32. The van der Waals surface area contributed by atoms with E-state index in [2.05, 4.69) is 37.4 Å². The van der Waals surface area contributed by atoms with Crippen molar-refractivity contribution in [2.45, 2.75) is 39.3 Å². The highest BCUT2D eigenvalue weighted by atomic mass is 16.5. The van der Waals surface area contributed by atoms with Gasteiger partial charge in [-0.15, -0.1) is 5.10 Å². The number of esters is 1. The molecule has 0 aliphatic carbocycles. The molecular formula is C22H26N6O3. The van der Waals surface area contributed by atoms with Crippen LogP contribution in [0.25, 0.3) is 5.78 Å². The minimum Gasteiger partial charge on any atom is -0.450 e. The fraction of sp³-hybridized carbons (Fsp3) is 0.409. The van der Waals surface area contributed by atoms with Gasteiger partial charge in [0.25, 0.3) is 17.5 Å². The summed E-state index contributed by atoms with van der Waals surface area (Å²) < 4.78 is 6.58.